The van der Waals surface area contributed by atoms with Gasteiger partial charge in [0.05, 0.1) is 5.56 Å². The molecular weight excluding hydrogens is 452 g/mol. The Kier molecular flexibility index (Phi) is 6.52. The quantitative estimate of drug-likeness (QED) is 0.275. The van der Waals surface area contributed by atoms with Gasteiger partial charge in [-0.1, -0.05) is 0 Å². The first-order valence-electron chi connectivity index (χ1n) is 11.4. The third-order valence-corrected chi connectivity index (χ3v) is 5.60. The van der Waals surface area contributed by atoms with Crippen LogP contribution >= 0.6 is 0 Å². The molecule has 13 nitrogen and oxygen atoms in total. The number of aryl methyl sites for hydroxylation is 2. The minimum atomic E-state index is -0.779. The Bertz CT molecular complexity index is 1230. The van der Waals surface area contributed by atoms with Crippen LogP contribution in [-0.2, 0) is 16.1 Å². The minimum absolute atomic E-state index is 0.228. The van der Waals surface area contributed by atoms with E-state index < -0.39 is 23.6 Å². The van der Waals surface area contributed by atoms with Gasteiger partial charge in [0.25, 0.3) is 5.91 Å². The number of nitrogens with one attached hydrogen (secondary N) is 2. The molecule has 186 valence electrons. The number of nitrogens with two attached hydrogens (primary N) is 1. The summed E-state index contributed by atoms with van der Waals surface area (Å²) in [5.41, 5.74) is 3.42. The summed E-state index contributed by atoms with van der Waals surface area (Å²) in [6.45, 7) is 9.99. The van der Waals surface area contributed by atoms with Crippen LogP contribution in [0.2, 0.25) is 0 Å². The van der Waals surface area contributed by atoms with E-state index in [0.717, 1.165) is 5.56 Å². The van der Waals surface area contributed by atoms with Crippen LogP contribution in [0.3, 0.4) is 0 Å². The van der Waals surface area contributed by atoms with Crippen LogP contribution in [0.5, 0.6) is 0 Å². The molecule has 2 amide bonds. The number of nitrogens with zero attached hydrogens (tertiary/aromatic N) is 7. The van der Waals surface area contributed by atoms with Crippen molar-refractivity contribution in [3.05, 3.63) is 24.5 Å². The average molecular weight is 483 g/mol. The molecule has 1 unspecified atom stereocenters. The lowest BCUT2D eigenvalue weighted by molar-refractivity contribution is -0.125. The van der Waals surface area contributed by atoms with Crippen LogP contribution in [0.15, 0.2) is 18.7 Å². The molecular formula is C22H30N10O3. The summed E-state index contributed by atoms with van der Waals surface area (Å²) in [5, 5.41) is 3.34. The molecule has 1 fully saturated rings. The zero-order chi connectivity index (χ0) is 25.3. The van der Waals surface area contributed by atoms with Gasteiger partial charge in [-0.15, -0.1) is 0 Å². The number of rotatable bonds is 5. The first kappa shape index (κ1) is 24.3. The van der Waals surface area contributed by atoms with Gasteiger partial charge < -0.3 is 14.6 Å². The van der Waals surface area contributed by atoms with Gasteiger partial charge in [-0.2, -0.15) is 0 Å². The Morgan fingerprint density at radius 2 is 1.91 bits per heavy atom. The van der Waals surface area contributed by atoms with Crippen LogP contribution < -0.4 is 16.6 Å². The number of likely N-dealkylation sites (tertiary alicyclic amines) is 1. The maximum absolute atomic E-state index is 12.8. The first-order valence-corrected chi connectivity index (χ1v) is 11.4. The fraction of sp³-hybridized carbons (Fsp3) is 0.500. The fourth-order valence-electron chi connectivity index (χ4n) is 4.07. The van der Waals surface area contributed by atoms with E-state index in [2.05, 4.69) is 30.7 Å². The van der Waals surface area contributed by atoms with Gasteiger partial charge in [-0.3, -0.25) is 15.1 Å². The molecule has 2 atom stereocenters. The van der Waals surface area contributed by atoms with Crippen molar-refractivity contribution in [1.29, 1.82) is 0 Å². The number of carbonyl (C=O) groups is 2. The number of hydrogen-bond donors (Lipinski definition) is 3. The lowest BCUT2D eigenvalue weighted by Gasteiger charge is -2.27. The predicted molar refractivity (Wildman–Crippen MR) is 128 cm³/mol. The summed E-state index contributed by atoms with van der Waals surface area (Å²) >= 11 is 0. The smallest absolute Gasteiger partial charge is 0.411 e. The lowest BCUT2D eigenvalue weighted by Crippen LogP contribution is -2.49. The zero-order valence-electron chi connectivity index (χ0n) is 20.4. The molecule has 3 aromatic rings. The van der Waals surface area contributed by atoms with E-state index in [0.29, 0.717) is 41.6 Å². The average Bonchev–Trinajstić information content (AvgIpc) is 3.40. The van der Waals surface area contributed by atoms with Crippen molar-refractivity contribution in [3.8, 4) is 11.4 Å². The summed E-state index contributed by atoms with van der Waals surface area (Å²) in [7, 11) is 0. The number of aromatic nitrogens is 6. The van der Waals surface area contributed by atoms with E-state index in [1.165, 1.54) is 11.2 Å². The topological polar surface area (TPSA) is 166 Å². The van der Waals surface area contributed by atoms with Crippen molar-refractivity contribution in [1.82, 2.24) is 39.8 Å². The second-order valence-electron chi connectivity index (χ2n) is 9.33. The van der Waals surface area contributed by atoms with Gasteiger partial charge in [0.2, 0.25) is 0 Å². The Balaban J connectivity index is 1.64. The molecule has 4 rings (SSSR count). The maximum atomic E-state index is 12.8. The normalized spacial score (nSPS) is 18.1. The monoisotopic (exact) mass is 482 g/mol. The molecule has 0 radical (unpaired) electrons. The van der Waals surface area contributed by atoms with Gasteiger partial charge in [0, 0.05) is 31.5 Å². The van der Waals surface area contributed by atoms with E-state index in [1.54, 1.807) is 33.2 Å². The van der Waals surface area contributed by atoms with Crippen molar-refractivity contribution < 1.29 is 14.3 Å². The van der Waals surface area contributed by atoms with Crippen LogP contribution in [0.4, 0.5) is 10.6 Å². The van der Waals surface area contributed by atoms with Crippen LogP contribution in [0.1, 0.15) is 39.9 Å². The fourth-order valence-corrected chi connectivity index (χ4v) is 4.07. The van der Waals surface area contributed by atoms with Crippen molar-refractivity contribution in [2.75, 3.05) is 11.9 Å². The summed E-state index contributed by atoms with van der Waals surface area (Å²) in [5.74, 6) is 6.75. The van der Waals surface area contributed by atoms with Gasteiger partial charge in [0.15, 0.2) is 17.0 Å². The second-order valence-corrected chi connectivity index (χ2v) is 9.33. The number of fused-ring (bicyclic) bond motifs is 1. The Morgan fingerprint density at radius 1 is 1.20 bits per heavy atom. The molecule has 13 heteroatoms. The Labute approximate surface area is 202 Å². The Morgan fingerprint density at radius 3 is 2.54 bits per heavy atom. The van der Waals surface area contributed by atoms with Gasteiger partial charge >= 0.3 is 6.09 Å². The molecule has 4 heterocycles. The van der Waals surface area contributed by atoms with E-state index in [-0.39, 0.29) is 12.6 Å². The van der Waals surface area contributed by atoms with Crippen LogP contribution in [-0.4, -0.2) is 70.6 Å². The summed E-state index contributed by atoms with van der Waals surface area (Å²) in [6.07, 6.45) is 4.64. The molecule has 1 aliphatic rings. The molecule has 1 aliphatic heterocycles. The number of hydrogen-bond acceptors (Lipinski definition) is 10. The number of hydrazine groups is 1. The molecule has 1 saturated heterocycles. The standard InChI is InChI=1S/C22H30N10O3/c1-6-31-18(13-8-24-12(2)25-9-13)29-16-17(26-11-27-19(16)31)28-14-7-15(20(33)30-23)32(10-14)21(34)35-22(3,4)5/h8-9,11,14-15H,6-7,10,23H2,1-5H3,(H,30,33)(H,26,27,28)/t14-,15?/m0/s1. The molecule has 0 aromatic carbocycles. The third-order valence-electron chi connectivity index (χ3n) is 5.60. The lowest BCUT2D eigenvalue weighted by atomic mass is 10.1. The molecule has 0 saturated carbocycles. The number of imidazole rings is 1. The number of ether oxygens (including phenoxy) is 1. The van der Waals surface area contributed by atoms with E-state index in [9.17, 15) is 9.59 Å². The zero-order valence-corrected chi connectivity index (χ0v) is 20.4. The highest BCUT2D eigenvalue weighted by molar-refractivity contribution is 5.88. The third kappa shape index (κ3) is 4.99. The highest BCUT2D eigenvalue weighted by Gasteiger charge is 2.41. The predicted octanol–water partition coefficient (Wildman–Crippen LogP) is 1.39. The highest BCUT2D eigenvalue weighted by atomic mass is 16.6. The summed E-state index contributed by atoms with van der Waals surface area (Å²) < 4.78 is 7.45. The SMILES string of the molecule is CCn1c(-c2cnc(C)nc2)nc2c(N[C@H]3CC(C(=O)NN)N(C(=O)OC(C)(C)C)C3)ncnc21. The van der Waals surface area contributed by atoms with Gasteiger partial charge in [-0.05, 0) is 41.0 Å². The van der Waals surface area contributed by atoms with Crippen LogP contribution in [0.25, 0.3) is 22.6 Å². The van der Waals surface area contributed by atoms with Crippen molar-refractivity contribution in [3.63, 3.8) is 0 Å². The van der Waals surface area contributed by atoms with E-state index in [4.69, 9.17) is 15.6 Å². The second kappa shape index (κ2) is 9.41. The molecule has 4 N–H and O–H groups in total. The molecule has 0 bridgehead atoms. The largest absolute Gasteiger partial charge is 0.444 e. The molecule has 35 heavy (non-hydrogen) atoms. The van der Waals surface area contributed by atoms with Gasteiger partial charge in [-0.25, -0.2) is 35.6 Å². The number of carbonyl (C=O) groups excluding carboxylic acids is 2. The Hall–Kier alpha value is -3.87. The van der Waals surface area contributed by atoms with Crippen LogP contribution in [0, 0.1) is 6.92 Å². The maximum Gasteiger partial charge on any atom is 0.411 e. The first-order chi connectivity index (χ1) is 16.6. The van der Waals surface area contributed by atoms with E-state index in [1.807, 2.05) is 18.4 Å². The van der Waals surface area contributed by atoms with Crippen molar-refractivity contribution in [2.45, 2.75) is 65.3 Å². The summed E-state index contributed by atoms with van der Waals surface area (Å²) in [4.78, 5) is 48.7. The van der Waals surface area contributed by atoms with E-state index >= 15 is 0 Å². The minimum Gasteiger partial charge on any atom is -0.444 e. The van der Waals surface area contributed by atoms with Crippen molar-refractivity contribution in [2.24, 2.45) is 5.84 Å². The number of anilines is 1. The molecule has 0 spiro atoms. The number of amides is 2. The highest BCUT2D eigenvalue weighted by Crippen LogP contribution is 2.29. The molecule has 0 aliphatic carbocycles. The van der Waals surface area contributed by atoms with Gasteiger partial charge in [0.1, 0.15) is 29.6 Å². The van der Waals surface area contributed by atoms with Crippen molar-refractivity contribution >= 4 is 29.0 Å². The molecule has 3 aromatic heterocycles. The summed E-state index contributed by atoms with van der Waals surface area (Å²) in [6, 6.07) is -1.07.